The van der Waals surface area contributed by atoms with Crippen LogP contribution < -0.4 is 0 Å². The van der Waals surface area contributed by atoms with Gasteiger partial charge in [0.15, 0.2) is 0 Å². The molecule has 100 valence electrons. The minimum atomic E-state index is -0.707. The normalized spacial score (nSPS) is 39.3. The van der Waals surface area contributed by atoms with Gasteiger partial charge >= 0.3 is 0 Å². The van der Waals surface area contributed by atoms with Gasteiger partial charge in [-0.05, 0) is 24.2 Å². The highest BCUT2D eigenvalue weighted by Gasteiger charge is 2.59. The fourth-order valence-corrected chi connectivity index (χ4v) is 3.20. The Hall–Kier alpha value is -0.300. The average molecular weight is 238 g/mol. The van der Waals surface area contributed by atoms with Gasteiger partial charge in [0, 0.05) is 5.41 Å². The maximum Gasteiger partial charge on any atom is 0.0858 e. The standard InChI is InChI=1S/C16H30O/c1-8-9-10-15(6)14(4,5)13(2,3)11-12-16(15,7)17/h11-12,17H,8-10H2,1-7H3. The first-order chi connectivity index (χ1) is 7.52. The van der Waals surface area contributed by atoms with Crippen LogP contribution in [-0.2, 0) is 0 Å². The maximum absolute atomic E-state index is 10.8. The van der Waals surface area contributed by atoms with Crippen molar-refractivity contribution in [3.05, 3.63) is 12.2 Å². The highest BCUT2D eigenvalue weighted by Crippen LogP contribution is 2.62. The molecule has 1 aliphatic rings. The molecule has 0 amide bonds. The largest absolute Gasteiger partial charge is 0.385 e. The second-order valence-corrected chi connectivity index (χ2v) is 7.26. The third-order valence-corrected chi connectivity index (χ3v) is 5.96. The molecule has 1 heteroatoms. The van der Waals surface area contributed by atoms with Crippen LogP contribution in [-0.4, -0.2) is 10.7 Å². The maximum atomic E-state index is 10.8. The minimum Gasteiger partial charge on any atom is -0.385 e. The second kappa shape index (κ2) is 4.12. The summed E-state index contributed by atoms with van der Waals surface area (Å²) in [6.07, 6.45) is 7.66. The molecule has 2 atom stereocenters. The summed E-state index contributed by atoms with van der Waals surface area (Å²) in [7, 11) is 0. The lowest BCUT2D eigenvalue weighted by Crippen LogP contribution is -2.59. The quantitative estimate of drug-likeness (QED) is 0.715. The molecule has 0 spiro atoms. The molecule has 0 aliphatic heterocycles. The summed E-state index contributed by atoms with van der Waals surface area (Å²) in [6.45, 7) is 15.6. The van der Waals surface area contributed by atoms with Crippen molar-refractivity contribution in [3.8, 4) is 0 Å². The minimum absolute atomic E-state index is 0.0751. The first kappa shape index (κ1) is 14.8. The van der Waals surface area contributed by atoms with E-state index in [1.807, 2.05) is 13.0 Å². The third-order valence-electron chi connectivity index (χ3n) is 5.96. The van der Waals surface area contributed by atoms with Crippen LogP contribution in [0.1, 0.15) is 67.7 Å². The topological polar surface area (TPSA) is 20.2 Å². The van der Waals surface area contributed by atoms with E-state index >= 15 is 0 Å². The van der Waals surface area contributed by atoms with Crippen LogP contribution in [0.25, 0.3) is 0 Å². The van der Waals surface area contributed by atoms with E-state index in [-0.39, 0.29) is 16.2 Å². The van der Waals surface area contributed by atoms with E-state index in [1.165, 1.54) is 12.8 Å². The van der Waals surface area contributed by atoms with Gasteiger partial charge in [-0.3, -0.25) is 0 Å². The Balaban J connectivity index is 3.26. The summed E-state index contributed by atoms with van der Waals surface area (Å²) in [4.78, 5) is 0. The molecule has 0 saturated carbocycles. The molecule has 0 aromatic rings. The van der Waals surface area contributed by atoms with Crippen molar-refractivity contribution >= 4 is 0 Å². The Labute approximate surface area is 107 Å². The van der Waals surface area contributed by atoms with E-state index in [4.69, 9.17) is 0 Å². The molecule has 0 bridgehead atoms. The summed E-state index contributed by atoms with van der Waals surface area (Å²) in [5, 5.41) is 10.8. The zero-order valence-corrected chi connectivity index (χ0v) is 12.7. The summed E-state index contributed by atoms with van der Waals surface area (Å²) in [5.74, 6) is 0. The number of allylic oxidation sites excluding steroid dienone is 1. The zero-order valence-electron chi connectivity index (χ0n) is 12.7. The molecule has 0 fully saturated rings. The molecule has 1 rings (SSSR count). The van der Waals surface area contributed by atoms with Gasteiger partial charge in [-0.15, -0.1) is 0 Å². The molecule has 1 nitrogen and oxygen atoms in total. The fraction of sp³-hybridized carbons (Fsp3) is 0.875. The molecule has 17 heavy (non-hydrogen) atoms. The smallest absolute Gasteiger partial charge is 0.0858 e. The lowest BCUT2D eigenvalue weighted by atomic mass is 9.45. The van der Waals surface area contributed by atoms with Crippen molar-refractivity contribution in [2.75, 3.05) is 0 Å². The Morgan fingerprint density at radius 2 is 1.47 bits per heavy atom. The molecule has 0 aromatic carbocycles. The number of hydrogen-bond acceptors (Lipinski definition) is 1. The summed E-state index contributed by atoms with van der Waals surface area (Å²) >= 11 is 0. The third kappa shape index (κ3) is 1.97. The van der Waals surface area contributed by atoms with Crippen LogP contribution in [0.15, 0.2) is 12.2 Å². The molecule has 1 N–H and O–H groups in total. The van der Waals surface area contributed by atoms with Crippen molar-refractivity contribution < 1.29 is 5.11 Å². The van der Waals surface area contributed by atoms with Gasteiger partial charge in [0.1, 0.15) is 0 Å². The predicted molar refractivity (Wildman–Crippen MR) is 75.0 cm³/mol. The van der Waals surface area contributed by atoms with Crippen LogP contribution in [0.2, 0.25) is 0 Å². The second-order valence-electron chi connectivity index (χ2n) is 7.26. The van der Waals surface area contributed by atoms with E-state index in [0.29, 0.717) is 0 Å². The van der Waals surface area contributed by atoms with Gasteiger partial charge in [0.2, 0.25) is 0 Å². The summed E-state index contributed by atoms with van der Waals surface area (Å²) in [5.41, 5.74) is -0.583. The molecular formula is C16H30O. The van der Waals surface area contributed by atoms with Crippen LogP contribution in [0.5, 0.6) is 0 Å². The van der Waals surface area contributed by atoms with E-state index in [1.54, 1.807) is 0 Å². The van der Waals surface area contributed by atoms with E-state index in [0.717, 1.165) is 6.42 Å². The molecule has 1 aliphatic carbocycles. The number of rotatable bonds is 3. The number of aliphatic hydroxyl groups is 1. The number of unbranched alkanes of at least 4 members (excludes halogenated alkanes) is 1. The summed E-state index contributed by atoms with van der Waals surface area (Å²) in [6, 6.07) is 0. The van der Waals surface area contributed by atoms with E-state index in [2.05, 4.69) is 47.6 Å². The van der Waals surface area contributed by atoms with Crippen molar-refractivity contribution in [3.63, 3.8) is 0 Å². The lowest BCUT2D eigenvalue weighted by molar-refractivity contribution is -0.145. The van der Waals surface area contributed by atoms with Crippen molar-refractivity contribution in [2.45, 2.75) is 73.3 Å². The van der Waals surface area contributed by atoms with E-state index < -0.39 is 5.60 Å². The molecule has 0 radical (unpaired) electrons. The van der Waals surface area contributed by atoms with Crippen molar-refractivity contribution in [2.24, 2.45) is 16.2 Å². The number of hydrogen-bond donors (Lipinski definition) is 1. The molecule has 2 unspecified atom stereocenters. The van der Waals surface area contributed by atoms with Crippen LogP contribution >= 0.6 is 0 Å². The van der Waals surface area contributed by atoms with Gasteiger partial charge in [-0.25, -0.2) is 0 Å². The van der Waals surface area contributed by atoms with Crippen molar-refractivity contribution in [1.82, 2.24) is 0 Å². The molecule has 0 aromatic heterocycles. The average Bonchev–Trinajstić information content (AvgIpc) is 2.21. The first-order valence-electron chi connectivity index (χ1n) is 6.94. The fourth-order valence-electron chi connectivity index (χ4n) is 3.20. The molecular weight excluding hydrogens is 208 g/mol. The van der Waals surface area contributed by atoms with Crippen LogP contribution in [0.3, 0.4) is 0 Å². The van der Waals surface area contributed by atoms with Crippen molar-refractivity contribution in [1.29, 1.82) is 0 Å². The molecule has 0 saturated heterocycles. The Bertz CT molecular complexity index is 309. The Kier molecular flexibility index (Phi) is 3.58. The van der Waals surface area contributed by atoms with Gasteiger partial charge in [-0.1, -0.05) is 66.5 Å². The first-order valence-corrected chi connectivity index (χ1v) is 6.94. The Morgan fingerprint density at radius 1 is 0.941 bits per heavy atom. The van der Waals surface area contributed by atoms with Gasteiger partial charge in [-0.2, -0.15) is 0 Å². The lowest BCUT2D eigenvalue weighted by Gasteiger charge is -2.61. The summed E-state index contributed by atoms with van der Waals surface area (Å²) < 4.78 is 0. The van der Waals surface area contributed by atoms with E-state index in [9.17, 15) is 5.11 Å². The molecule has 0 heterocycles. The van der Waals surface area contributed by atoms with Gasteiger partial charge in [0.05, 0.1) is 5.60 Å². The monoisotopic (exact) mass is 238 g/mol. The van der Waals surface area contributed by atoms with Gasteiger partial charge in [0.25, 0.3) is 0 Å². The highest BCUT2D eigenvalue weighted by molar-refractivity contribution is 5.23. The predicted octanol–water partition coefficient (Wildman–Crippen LogP) is 4.56. The highest BCUT2D eigenvalue weighted by atomic mass is 16.3. The van der Waals surface area contributed by atoms with Gasteiger partial charge < -0.3 is 5.11 Å². The Morgan fingerprint density at radius 3 is 1.94 bits per heavy atom. The van der Waals surface area contributed by atoms with Crippen LogP contribution in [0.4, 0.5) is 0 Å². The van der Waals surface area contributed by atoms with Crippen LogP contribution in [0, 0.1) is 16.2 Å². The zero-order chi connectivity index (χ0) is 13.5. The SMILES string of the molecule is CCCCC1(C)C(C)(O)C=CC(C)(C)C1(C)C.